The fourth-order valence-corrected chi connectivity index (χ4v) is 3.22. The van der Waals surface area contributed by atoms with Crippen molar-refractivity contribution in [3.63, 3.8) is 0 Å². The van der Waals surface area contributed by atoms with E-state index in [0.29, 0.717) is 11.4 Å². The highest BCUT2D eigenvalue weighted by atomic mass is 35.5. The Morgan fingerprint density at radius 1 is 1.04 bits per heavy atom. The number of nitrogens with one attached hydrogen (secondary N) is 1. The number of hydrogen-bond donors (Lipinski definition) is 1. The number of rotatable bonds is 2. The van der Waals surface area contributed by atoms with Crippen LogP contribution < -0.4 is 10.1 Å². The number of halogens is 1. The van der Waals surface area contributed by atoms with Crippen LogP contribution >= 0.6 is 11.6 Å². The summed E-state index contributed by atoms with van der Waals surface area (Å²) in [6.45, 7) is 0. The first-order chi connectivity index (χ1) is 11.2. The van der Waals surface area contributed by atoms with Gasteiger partial charge in [0.15, 0.2) is 6.10 Å². The number of fused-ring (bicyclic) bond motifs is 3. The molecule has 0 aromatic heterocycles. The Morgan fingerprint density at radius 3 is 2.52 bits per heavy atom. The van der Waals surface area contributed by atoms with Crippen molar-refractivity contribution >= 4 is 34.0 Å². The Kier molecular flexibility index (Phi) is 3.43. The van der Waals surface area contributed by atoms with Crippen molar-refractivity contribution in [2.24, 2.45) is 0 Å². The first kappa shape index (κ1) is 14.1. The molecule has 1 heterocycles. The fourth-order valence-electron chi connectivity index (χ4n) is 2.92. The van der Waals surface area contributed by atoms with Crippen molar-refractivity contribution < 1.29 is 9.53 Å². The molecule has 0 bridgehead atoms. The summed E-state index contributed by atoms with van der Waals surface area (Å²) in [5, 5.41) is 5.46. The second kappa shape index (κ2) is 5.60. The summed E-state index contributed by atoms with van der Waals surface area (Å²) in [6, 6.07) is 19.1. The highest BCUT2D eigenvalue weighted by Gasteiger charge is 2.31. The van der Waals surface area contributed by atoms with Crippen molar-refractivity contribution in [2.75, 3.05) is 5.32 Å². The van der Waals surface area contributed by atoms with Crippen molar-refractivity contribution in [3.8, 4) is 5.75 Å². The molecule has 0 saturated heterocycles. The summed E-state index contributed by atoms with van der Waals surface area (Å²) in [5.74, 6) is 0.616. The quantitative estimate of drug-likeness (QED) is 0.757. The molecule has 1 aliphatic rings. The highest BCUT2D eigenvalue weighted by Crippen LogP contribution is 2.40. The average Bonchev–Trinajstić information content (AvgIpc) is 3.00. The lowest BCUT2D eigenvalue weighted by Crippen LogP contribution is -2.31. The largest absolute Gasteiger partial charge is 0.479 e. The minimum absolute atomic E-state index is 0.146. The molecule has 1 atom stereocenters. The molecular formula is C19H14ClNO2. The number of carbonyl (C=O) groups excluding carboxylic acids is 1. The molecule has 1 unspecified atom stereocenters. The first-order valence-electron chi connectivity index (χ1n) is 7.45. The van der Waals surface area contributed by atoms with E-state index >= 15 is 0 Å². The number of benzene rings is 3. The summed E-state index contributed by atoms with van der Waals surface area (Å²) in [5.41, 5.74) is 1.74. The van der Waals surface area contributed by atoms with Gasteiger partial charge in [0.1, 0.15) is 5.75 Å². The summed E-state index contributed by atoms with van der Waals surface area (Å²) in [4.78, 5) is 12.4. The Labute approximate surface area is 138 Å². The second-order valence-electron chi connectivity index (χ2n) is 5.56. The highest BCUT2D eigenvalue weighted by molar-refractivity contribution is 6.36. The molecule has 1 aliphatic heterocycles. The van der Waals surface area contributed by atoms with Crippen LogP contribution in [0.2, 0.25) is 5.02 Å². The van der Waals surface area contributed by atoms with Gasteiger partial charge >= 0.3 is 0 Å². The lowest BCUT2D eigenvalue weighted by atomic mass is 10.0. The smallest absolute Gasteiger partial charge is 0.265 e. The number of carbonyl (C=O) groups is 1. The Balaban J connectivity index is 1.63. The van der Waals surface area contributed by atoms with Crippen molar-refractivity contribution in [1.82, 2.24) is 0 Å². The van der Waals surface area contributed by atoms with E-state index in [0.717, 1.165) is 27.8 Å². The predicted octanol–water partition coefficient (Wildman–Crippen LogP) is 4.44. The summed E-state index contributed by atoms with van der Waals surface area (Å²) in [7, 11) is 0. The van der Waals surface area contributed by atoms with Gasteiger partial charge in [0, 0.05) is 33.5 Å². The normalized spacial score (nSPS) is 16.0. The SMILES string of the molecule is O=C(Nc1ccccc1)C1Cc2cc(Cl)c3ccccc3c2O1. The zero-order valence-corrected chi connectivity index (χ0v) is 13.0. The average molecular weight is 324 g/mol. The maximum absolute atomic E-state index is 12.4. The van der Waals surface area contributed by atoms with E-state index in [1.807, 2.05) is 60.7 Å². The van der Waals surface area contributed by atoms with E-state index in [-0.39, 0.29) is 5.91 Å². The standard InChI is InChI=1S/C19H14ClNO2/c20-16-10-12-11-17(19(22)21-13-6-2-1-3-7-13)23-18(12)15-9-5-4-8-14(15)16/h1-10,17H,11H2,(H,21,22). The zero-order chi connectivity index (χ0) is 15.8. The van der Waals surface area contributed by atoms with Crippen LogP contribution in [0.5, 0.6) is 5.75 Å². The summed E-state index contributed by atoms with van der Waals surface area (Å²) < 4.78 is 5.94. The monoisotopic (exact) mass is 323 g/mol. The molecule has 114 valence electrons. The molecule has 4 heteroatoms. The van der Waals surface area contributed by atoms with Gasteiger partial charge in [-0.1, -0.05) is 54.1 Å². The van der Waals surface area contributed by atoms with Crippen LogP contribution in [-0.2, 0) is 11.2 Å². The second-order valence-corrected chi connectivity index (χ2v) is 5.97. The van der Waals surface area contributed by atoms with Gasteiger partial charge in [0.05, 0.1) is 0 Å². The van der Waals surface area contributed by atoms with Crippen molar-refractivity contribution in [1.29, 1.82) is 0 Å². The van der Waals surface area contributed by atoms with Gasteiger partial charge in [-0.25, -0.2) is 0 Å². The third-order valence-electron chi connectivity index (χ3n) is 4.02. The topological polar surface area (TPSA) is 38.3 Å². The summed E-state index contributed by atoms with van der Waals surface area (Å²) >= 11 is 6.34. The molecule has 1 N–H and O–H groups in total. The van der Waals surface area contributed by atoms with E-state index in [1.54, 1.807) is 0 Å². The van der Waals surface area contributed by atoms with Gasteiger partial charge in [-0.2, -0.15) is 0 Å². The number of para-hydroxylation sites is 1. The zero-order valence-electron chi connectivity index (χ0n) is 12.3. The molecule has 3 nitrogen and oxygen atoms in total. The van der Waals surface area contributed by atoms with Gasteiger partial charge < -0.3 is 10.1 Å². The third-order valence-corrected chi connectivity index (χ3v) is 4.33. The summed E-state index contributed by atoms with van der Waals surface area (Å²) in [6.07, 6.45) is -0.00877. The Morgan fingerprint density at radius 2 is 1.74 bits per heavy atom. The van der Waals surface area contributed by atoms with Crippen molar-refractivity contribution in [2.45, 2.75) is 12.5 Å². The molecule has 1 amide bonds. The van der Waals surface area contributed by atoms with E-state index in [4.69, 9.17) is 16.3 Å². The molecule has 0 fully saturated rings. The minimum atomic E-state index is -0.535. The molecule has 0 saturated carbocycles. The van der Waals surface area contributed by atoms with E-state index in [1.165, 1.54) is 0 Å². The van der Waals surface area contributed by atoms with Crippen LogP contribution in [0.3, 0.4) is 0 Å². The molecule has 3 aromatic rings. The molecule has 23 heavy (non-hydrogen) atoms. The molecule has 3 aromatic carbocycles. The predicted molar refractivity (Wildman–Crippen MR) is 92.1 cm³/mol. The number of anilines is 1. The molecule has 4 rings (SSSR count). The Bertz CT molecular complexity index is 893. The van der Waals surface area contributed by atoms with Crippen LogP contribution in [0.25, 0.3) is 10.8 Å². The first-order valence-corrected chi connectivity index (χ1v) is 7.83. The van der Waals surface area contributed by atoms with Crippen LogP contribution in [-0.4, -0.2) is 12.0 Å². The number of hydrogen-bond acceptors (Lipinski definition) is 2. The van der Waals surface area contributed by atoms with Gasteiger partial charge in [-0.15, -0.1) is 0 Å². The van der Waals surface area contributed by atoms with Gasteiger partial charge in [0.2, 0.25) is 0 Å². The van der Waals surface area contributed by atoms with Gasteiger partial charge in [-0.3, -0.25) is 4.79 Å². The maximum Gasteiger partial charge on any atom is 0.265 e. The third kappa shape index (κ3) is 2.53. The number of amides is 1. The molecular weight excluding hydrogens is 310 g/mol. The van der Waals surface area contributed by atoms with E-state index in [2.05, 4.69) is 5.32 Å². The molecule has 0 radical (unpaired) electrons. The van der Waals surface area contributed by atoms with Gasteiger partial charge in [0.25, 0.3) is 5.91 Å². The Hall–Kier alpha value is -2.52. The minimum Gasteiger partial charge on any atom is -0.479 e. The maximum atomic E-state index is 12.4. The van der Waals surface area contributed by atoms with E-state index < -0.39 is 6.10 Å². The molecule has 0 spiro atoms. The lowest BCUT2D eigenvalue weighted by Gasteiger charge is -2.12. The number of ether oxygens (including phenoxy) is 1. The van der Waals surface area contributed by atoms with Crippen LogP contribution in [0.4, 0.5) is 5.69 Å². The fraction of sp³-hybridized carbons (Fsp3) is 0.105. The molecule has 0 aliphatic carbocycles. The lowest BCUT2D eigenvalue weighted by molar-refractivity contribution is -0.121. The van der Waals surface area contributed by atoms with E-state index in [9.17, 15) is 4.79 Å². The van der Waals surface area contributed by atoms with Crippen LogP contribution in [0, 0.1) is 0 Å². The van der Waals surface area contributed by atoms with Crippen molar-refractivity contribution in [3.05, 3.63) is 71.2 Å². The van der Waals surface area contributed by atoms with Crippen LogP contribution in [0.1, 0.15) is 5.56 Å². The van der Waals surface area contributed by atoms with Gasteiger partial charge in [-0.05, 0) is 18.2 Å². The van der Waals surface area contributed by atoms with Crippen LogP contribution in [0.15, 0.2) is 60.7 Å².